The number of fused-ring (bicyclic) bond motifs is 1. The van der Waals surface area contributed by atoms with Crippen LogP contribution in [-0.2, 0) is 5.41 Å². The molecule has 0 unspecified atom stereocenters. The molecule has 0 aliphatic rings. The molecule has 0 amide bonds. The van der Waals surface area contributed by atoms with Crippen molar-refractivity contribution in [1.82, 2.24) is 14.5 Å². The minimum absolute atomic E-state index is 0.191. The molecule has 2 heterocycles. The molecule has 1 N–H and O–H groups in total. The van der Waals surface area contributed by atoms with Crippen molar-refractivity contribution in [2.75, 3.05) is 0 Å². The molecule has 242 valence electrons. The van der Waals surface area contributed by atoms with Crippen molar-refractivity contribution in [2.45, 2.75) is 26.2 Å². The van der Waals surface area contributed by atoms with Gasteiger partial charge in [0.05, 0.1) is 17.1 Å². The smallest absolute Gasteiger partial charge is 0.163 e. The molecule has 0 aliphatic carbocycles. The maximum Gasteiger partial charge on any atom is 0.163 e. The number of hydrogen-bond acceptors (Lipinski definition) is 3. The van der Waals surface area contributed by atoms with Gasteiger partial charge in [-0.2, -0.15) is 0 Å². The number of imidazole rings is 1. The molecule has 0 bridgehead atoms. The number of rotatable bonds is 6. The predicted octanol–water partition coefficient (Wildman–Crippen LogP) is 11.8. The number of nitrogens with zero attached hydrogens (tertiary/aromatic N) is 3. The number of benzene rings is 6. The topological polar surface area (TPSA) is 50.9 Å². The molecule has 0 spiro atoms. The first-order valence-corrected chi connectivity index (χ1v) is 17.0. The van der Waals surface area contributed by atoms with Crippen LogP contribution in [0.1, 0.15) is 26.3 Å². The number of para-hydroxylation sites is 2. The Morgan fingerprint density at radius 2 is 1.04 bits per heavy atom. The van der Waals surface area contributed by atoms with E-state index in [2.05, 4.69) is 153 Å². The summed E-state index contributed by atoms with van der Waals surface area (Å²) in [6.07, 6.45) is 2.16. The van der Waals surface area contributed by atoms with Gasteiger partial charge in [-0.05, 0) is 57.1 Å². The van der Waals surface area contributed by atoms with Gasteiger partial charge in [0.2, 0.25) is 0 Å². The Balaban J connectivity index is 1.48. The van der Waals surface area contributed by atoms with Crippen LogP contribution < -0.4 is 0 Å². The fourth-order valence-electron chi connectivity index (χ4n) is 6.72. The lowest BCUT2D eigenvalue weighted by Crippen LogP contribution is -2.12. The average Bonchev–Trinajstić information content (AvgIpc) is 3.60. The number of pyridine rings is 1. The minimum Gasteiger partial charge on any atom is -0.507 e. The Morgan fingerprint density at radius 1 is 0.500 bits per heavy atom. The zero-order valence-electron chi connectivity index (χ0n) is 28.4. The molecule has 0 saturated heterocycles. The van der Waals surface area contributed by atoms with Crippen LogP contribution in [0.25, 0.3) is 72.7 Å². The number of phenols is 1. The molecule has 4 heteroatoms. The van der Waals surface area contributed by atoms with Gasteiger partial charge in [0.15, 0.2) is 5.82 Å². The summed E-state index contributed by atoms with van der Waals surface area (Å²) in [5.74, 6) is 0.911. The van der Waals surface area contributed by atoms with E-state index in [0.717, 1.165) is 67.1 Å². The van der Waals surface area contributed by atoms with Gasteiger partial charge in [-0.15, -0.1) is 0 Å². The summed E-state index contributed by atoms with van der Waals surface area (Å²) in [4.78, 5) is 10.7. The highest BCUT2D eigenvalue weighted by Gasteiger charge is 2.24. The predicted molar refractivity (Wildman–Crippen MR) is 206 cm³/mol. The van der Waals surface area contributed by atoms with E-state index in [9.17, 15) is 5.11 Å². The molecule has 0 atom stereocenters. The lowest BCUT2D eigenvalue weighted by Gasteiger charge is -2.22. The van der Waals surface area contributed by atoms with E-state index < -0.39 is 0 Å². The van der Waals surface area contributed by atoms with E-state index in [4.69, 9.17) is 9.97 Å². The lowest BCUT2D eigenvalue weighted by molar-refractivity contribution is 0.477. The van der Waals surface area contributed by atoms with Crippen LogP contribution in [0, 0.1) is 0 Å². The summed E-state index contributed by atoms with van der Waals surface area (Å²) in [7, 11) is 0. The van der Waals surface area contributed by atoms with Crippen molar-refractivity contribution in [1.29, 1.82) is 0 Å². The largest absolute Gasteiger partial charge is 0.507 e. The third-order valence-corrected chi connectivity index (χ3v) is 9.32. The first-order valence-electron chi connectivity index (χ1n) is 17.0. The molecule has 8 rings (SSSR count). The lowest BCUT2D eigenvalue weighted by atomic mass is 9.86. The molecule has 0 aliphatic heterocycles. The van der Waals surface area contributed by atoms with Crippen molar-refractivity contribution in [3.05, 3.63) is 169 Å². The van der Waals surface area contributed by atoms with E-state index >= 15 is 0 Å². The summed E-state index contributed by atoms with van der Waals surface area (Å²) in [5.41, 5.74) is 10.3. The maximum absolute atomic E-state index is 11.0. The highest BCUT2D eigenvalue weighted by atomic mass is 16.3. The van der Waals surface area contributed by atoms with Crippen molar-refractivity contribution >= 4 is 10.8 Å². The second-order valence-corrected chi connectivity index (χ2v) is 13.7. The summed E-state index contributed by atoms with van der Waals surface area (Å²) in [6, 6.07) is 54.0. The fourth-order valence-corrected chi connectivity index (χ4v) is 6.72. The molecule has 2 aromatic heterocycles. The van der Waals surface area contributed by atoms with Gasteiger partial charge < -0.3 is 5.11 Å². The van der Waals surface area contributed by atoms with Crippen LogP contribution in [0.5, 0.6) is 5.75 Å². The monoisotopic (exact) mass is 647 g/mol. The van der Waals surface area contributed by atoms with Crippen molar-refractivity contribution in [3.63, 3.8) is 0 Å². The van der Waals surface area contributed by atoms with E-state index in [1.54, 1.807) is 6.07 Å². The Kier molecular flexibility index (Phi) is 7.85. The van der Waals surface area contributed by atoms with Gasteiger partial charge >= 0.3 is 0 Å². The molecule has 8 aromatic rings. The van der Waals surface area contributed by atoms with Gasteiger partial charge in [0.25, 0.3) is 0 Å². The van der Waals surface area contributed by atoms with Crippen molar-refractivity contribution in [3.8, 4) is 67.7 Å². The van der Waals surface area contributed by atoms with Gasteiger partial charge in [-0.25, -0.2) is 9.97 Å². The number of aromatic hydroxyl groups is 1. The Morgan fingerprint density at radius 3 is 1.72 bits per heavy atom. The zero-order valence-corrected chi connectivity index (χ0v) is 28.4. The summed E-state index contributed by atoms with van der Waals surface area (Å²) >= 11 is 0. The first kappa shape index (κ1) is 31.0. The molecule has 4 nitrogen and oxygen atoms in total. The van der Waals surface area contributed by atoms with Crippen LogP contribution in [0.3, 0.4) is 0 Å². The fraction of sp³-hybridized carbons (Fsp3) is 0.0870. The Hall–Kier alpha value is -6.26. The van der Waals surface area contributed by atoms with Crippen LogP contribution >= 0.6 is 0 Å². The number of aromatic nitrogens is 3. The van der Waals surface area contributed by atoms with E-state index in [-0.39, 0.29) is 11.2 Å². The normalized spacial score (nSPS) is 11.6. The van der Waals surface area contributed by atoms with Crippen molar-refractivity contribution in [2.24, 2.45) is 0 Å². The summed E-state index contributed by atoms with van der Waals surface area (Å²) < 4.78 is 2.23. The van der Waals surface area contributed by atoms with E-state index in [1.807, 2.05) is 30.3 Å². The zero-order chi connectivity index (χ0) is 34.2. The third kappa shape index (κ3) is 5.75. The number of phenolic OH excluding ortho intramolecular Hbond substituents is 1. The van der Waals surface area contributed by atoms with Gasteiger partial charge in [0.1, 0.15) is 11.4 Å². The van der Waals surface area contributed by atoms with E-state index in [0.29, 0.717) is 11.3 Å². The van der Waals surface area contributed by atoms with Gasteiger partial charge in [-0.1, -0.05) is 154 Å². The minimum atomic E-state index is -0.191. The Labute approximate surface area is 293 Å². The van der Waals surface area contributed by atoms with Gasteiger partial charge in [0, 0.05) is 28.5 Å². The van der Waals surface area contributed by atoms with Crippen molar-refractivity contribution < 1.29 is 5.11 Å². The highest BCUT2D eigenvalue weighted by Crippen LogP contribution is 2.41. The van der Waals surface area contributed by atoms with Gasteiger partial charge in [-0.3, -0.25) is 4.57 Å². The summed E-state index contributed by atoms with van der Waals surface area (Å²) in [6.45, 7) is 6.60. The molecule has 0 saturated carbocycles. The van der Waals surface area contributed by atoms with Crippen LogP contribution in [0.2, 0.25) is 0 Å². The Bertz CT molecular complexity index is 2410. The molecule has 0 radical (unpaired) electrons. The van der Waals surface area contributed by atoms with Crippen LogP contribution in [-0.4, -0.2) is 19.6 Å². The van der Waals surface area contributed by atoms with Crippen LogP contribution in [0.15, 0.2) is 164 Å². The second kappa shape index (κ2) is 12.6. The summed E-state index contributed by atoms with van der Waals surface area (Å²) in [5, 5.41) is 13.3. The maximum atomic E-state index is 11.0. The third-order valence-electron chi connectivity index (χ3n) is 9.32. The standard InChI is InChI=1S/C46H37N3O/c1-46(2,3)34-28-40(39-23-12-13-27-43(39)50)47-41(29-34)45-48-42(38-26-14-21-31-20-10-11-22-35(31)38)30-49(45)44-36(32-16-6-4-7-17-32)24-15-25-37(44)33-18-8-5-9-19-33/h4-30,50H,1-3H3. The quantitative estimate of drug-likeness (QED) is 0.195. The van der Waals surface area contributed by atoms with E-state index in [1.165, 1.54) is 0 Å². The average molecular weight is 648 g/mol. The number of hydrogen-bond donors (Lipinski definition) is 1. The highest BCUT2D eigenvalue weighted by molar-refractivity contribution is 5.96. The second-order valence-electron chi connectivity index (χ2n) is 13.7. The molecule has 50 heavy (non-hydrogen) atoms. The molecular weight excluding hydrogens is 611 g/mol. The molecule has 6 aromatic carbocycles. The molecular formula is C46H37N3O. The molecule has 0 fully saturated rings. The van der Waals surface area contributed by atoms with Crippen LogP contribution in [0.4, 0.5) is 0 Å². The first-order chi connectivity index (χ1) is 24.3. The SMILES string of the molecule is CC(C)(C)c1cc(-c2ccccc2O)nc(-c2nc(-c3cccc4ccccc34)cn2-c2c(-c3ccccc3)cccc2-c2ccccc2)c1.